The molecule has 0 atom stereocenters. The molecule has 0 radical (unpaired) electrons. The van der Waals surface area contributed by atoms with Crippen LogP contribution >= 0.6 is 0 Å². The Labute approximate surface area is 105 Å². The van der Waals surface area contributed by atoms with Crippen molar-refractivity contribution in [2.45, 2.75) is 12.8 Å². The highest BCUT2D eigenvalue weighted by molar-refractivity contribution is 5.94. The van der Waals surface area contributed by atoms with Crippen LogP contribution in [0.3, 0.4) is 0 Å². The second-order valence-electron chi connectivity index (χ2n) is 4.30. The molecule has 2 N–H and O–H groups in total. The minimum atomic E-state index is -0.544. The summed E-state index contributed by atoms with van der Waals surface area (Å²) >= 11 is 0. The standard InChI is InChI=1S/C13H15FN2O2/c14-11-4-2-1-3-10(11)13(18)16-8-7-15-12(17)9-5-6-9/h1-4,9H,5-8H2,(H,15,17)(H,16,18). The molecule has 4 nitrogen and oxygen atoms in total. The van der Waals surface area contributed by atoms with E-state index in [2.05, 4.69) is 10.6 Å². The van der Waals surface area contributed by atoms with E-state index in [1.54, 1.807) is 6.07 Å². The van der Waals surface area contributed by atoms with E-state index >= 15 is 0 Å². The first-order valence-electron chi connectivity index (χ1n) is 5.99. The van der Waals surface area contributed by atoms with Crippen molar-refractivity contribution in [3.8, 4) is 0 Å². The Kier molecular flexibility index (Phi) is 3.92. The third-order valence-corrected chi connectivity index (χ3v) is 2.78. The summed E-state index contributed by atoms with van der Waals surface area (Å²) in [6.45, 7) is 0.668. The molecule has 96 valence electrons. The quantitative estimate of drug-likeness (QED) is 0.768. The van der Waals surface area contributed by atoms with Crippen molar-refractivity contribution < 1.29 is 14.0 Å². The van der Waals surface area contributed by atoms with E-state index in [-0.39, 0.29) is 17.4 Å². The van der Waals surface area contributed by atoms with Crippen molar-refractivity contribution in [2.24, 2.45) is 5.92 Å². The van der Waals surface area contributed by atoms with Crippen LogP contribution in [-0.2, 0) is 4.79 Å². The zero-order chi connectivity index (χ0) is 13.0. The third kappa shape index (κ3) is 3.29. The van der Waals surface area contributed by atoms with Crippen molar-refractivity contribution >= 4 is 11.8 Å². The van der Waals surface area contributed by atoms with E-state index in [0.29, 0.717) is 13.1 Å². The fourth-order valence-electron chi connectivity index (χ4n) is 1.59. The molecule has 0 saturated heterocycles. The van der Waals surface area contributed by atoms with Crippen LogP contribution in [0.4, 0.5) is 4.39 Å². The Morgan fingerprint density at radius 1 is 1.17 bits per heavy atom. The van der Waals surface area contributed by atoms with Gasteiger partial charge < -0.3 is 10.6 Å². The number of benzene rings is 1. The van der Waals surface area contributed by atoms with Gasteiger partial charge in [-0.15, -0.1) is 0 Å². The molecule has 2 amide bonds. The molecule has 1 aliphatic carbocycles. The lowest BCUT2D eigenvalue weighted by molar-refractivity contribution is -0.122. The number of nitrogens with one attached hydrogen (secondary N) is 2. The number of hydrogen-bond acceptors (Lipinski definition) is 2. The summed E-state index contributed by atoms with van der Waals surface area (Å²) in [4.78, 5) is 22.9. The van der Waals surface area contributed by atoms with E-state index in [1.807, 2.05) is 0 Å². The fraction of sp³-hybridized carbons (Fsp3) is 0.385. The highest BCUT2D eigenvalue weighted by Crippen LogP contribution is 2.28. The van der Waals surface area contributed by atoms with Crippen LogP contribution in [0.15, 0.2) is 24.3 Å². The monoisotopic (exact) mass is 250 g/mol. The predicted octanol–water partition coefficient (Wildman–Crippen LogP) is 1.08. The molecule has 0 spiro atoms. The molecular weight excluding hydrogens is 235 g/mol. The van der Waals surface area contributed by atoms with Gasteiger partial charge in [-0.2, -0.15) is 0 Å². The third-order valence-electron chi connectivity index (χ3n) is 2.78. The van der Waals surface area contributed by atoms with Crippen LogP contribution in [-0.4, -0.2) is 24.9 Å². The van der Waals surface area contributed by atoms with Crippen LogP contribution in [0.1, 0.15) is 23.2 Å². The van der Waals surface area contributed by atoms with E-state index in [4.69, 9.17) is 0 Å². The lowest BCUT2D eigenvalue weighted by Gasteiger charge is -2.07. The summed E-state index contributed by atoms with van der Waals surface area (Å²) in [6.07, 6.45) is 1.90. The van der Waals surface area contributed by atoms with Gasteiger partial charge in [0.05, 0.1) is 5.56 Å². The van der Waals surface area contributed by atoms with Crippen molar-refractivity contribution in [3.63, 3.8) is 0 Å². The maximum absolute atomic E-state index is 13.3. The van der Waals surface area contributed by atoms with Gasteiger partial charge >= 0.3 is 0 Å². The molecule has 0 aromatic heterocycles. The highest BCUT2D eigenvalue weighted by atomic mass is 19.1. The molecule has 0 aliphatic heterocycles. The molecule has 1 fully saturated rings. The van der Waals surface area contributed by atoms with E-state index in [1.165, 1.54) is 18.2 Å². The molecule has 1 saturated carbocycles. The van der Waals surface area contributed by atoms with Gasteiger partial charge in [-0.3, -0.25) is 9.59 Å². The Morgan fingerprint density at radius 2 is 1.83 bits per heavy atom. The number of carbonyl (C=O) groups is 2. The second kappa shape index (κ2) is 5.62. The molecule has 2 rings (SSSR count). The van der Waals surface area contributed by atoms with Crippen LogP contribution in [0.25, 0.3) is 0 Å². The van der Waals surface area contributed by atoms with Crippen molar-refractivity contribution in [2.75, 3.05) is 13.1 Å². The summed E-state index contributed by atoms with van der Waals surface area (Å²) in [6, 6.07) is 5.80. The molecule has 1 aromatic rings. The fourth-order valence-corrected chi connectivity index (χ4v) is 1.59. The van der Waals surface area contributed by atoms with Gasteiger partial charge in [0, 0.05) is 19.0 Å². The Hall–Kier alpha value is -1.91. The van der Waals surface area contributed by atoms with Crippen LogP contribution in [0.2, 0.25) is 0 Å². The van der Waals surface area contributed by atoms with Gasteiger partial charge in [0.15, 0.2) is 0 Å². The summed E-state index contributed by atoms with van der Waals surface area (Å²) in [5.41, 5.74) is 0.0195. The first kappa shape index (κ1) is 12.5. The average molecular weight is 250 g/mol. The Bertz CT molecular complexity index is 458. The number of halogens is 1. The maximum Gasteiger partial charge on any atom is 0.254 e. The van der Waals surface area contributed by atoms with Crippen molar-refractivity contribution in [1.82, 2.24) is 10.6 Å². The van der Waals surface area contributed by atoms with Crippen LogP contribution in [0.5, 0.6) is 0 Å². The largest absolute Gasteiger partial charge is 0.354 e. The van der Waals surface area contributed by atoms with Crippen molar-refractivity contribution in [1.29, 1.82) is 0 Å². The lowest BCUT2D eigenvalue weighted by atomic mass is 10.2. The smallest absolute Gasteiger partial charge is 0.254 e. The molecule has 0 bridgehead atoms. The van der Waals surface area contributed by atoms with Gasteiger partial charge in [0.1, 0.15) is 5.82 Å². The Balaban J connectivity index is 1.71. The van der Waals surface area contributed by atoms with Gasteiger partial charge in [-0.1, -0.05) is 12.1 Å². The molecule has 18 heavy (non-hydrogen) atoms. The molecule has 1 aromatic carbocycles. The molecule has 0 unspecified atom stereocenters. The first-order valence-corrected chi connectivity index (χ1v) is 5.99. The number of hydrogen-bond donors (Lipinski definition) is 2. The lowest BCUT2D eigenvalue weighted by Crippen LogP contribution is -2.35. The minimum absolute atomic E-state index is 0.0195. The minimum Gasteiger partial charge on any atom is -0.354 e. The highest BCUT2D eigenvalue weighted by Gasteiger charge is 2.28. The van der Waals surface area contributed by atoms with Crippen LogP contribution < -0.4 is 10.6 Å². The zero-order valence-corrected chi connectivity index (χ0v) is 9.91. The van der Waals surface area contributed by atoms with Gasteiger partial charge in [-0.05, 0) is 25.0 Å². The van der Waals surface area contributed by atoms with Crippen molar-refractivity contribution in [3.05, 3.63) is 35.6 Å². The average Bonchev–Trinajstić information content (AvgIpc) is 3.19. The van der Waals surface area contributed by atoms with Gasteiger partial charge in [0.2, 0.25) is 5.91 Å². The molecular formula is C13H15FN2O2. The van der Waals surface area contributed by atoms with Gasteiger partial charge in [0.25, 0.3) is 5.91 Å². The maximum atomic E-state index is 13.3. The number of carbonyl (C=O) groups excluding carboxylic acids is 2. The van der Waals surface area contributed by atoms with Crippen LogP contribution in [0, 0.1) is 11.7 Å². The summed E-state index contributed by atoms with van der Waals surface area (Å²) in [7, 11) is 0. The predicted molar refractivity (Wildman–Crippen MR) is 64.5 cm³/mol. The molecule has 1 aliphatic rings. The van der Waals surface area contributed by atoms with Gasteiger partial charge in [-0.25, -0.2) is 4.39 Å². The first-order chi connectivity index (χ1) is 8.68. The Morgan fingerprint density at radius 3 is 2.50 bits per heavy atom. The molecule has 0 heterocycles. The zero-order valence-electron chi connectivity index (χ0n) is 9.91. The summed E-state index contributed by atoms with van der Waals surface area (Å²) in [5, 5.41) is 5.28. The van der Waals surface area contributed by atoms with E-state index in [0.717, 1.165) is 12.8 Å². The number of rotatable bonds is 5. The summed E-state index contributed by atoms with van der Waals surface area (Å²) in [5.74, 6) is -0.812. The van der Waals surface area contributed by atoms with E-state index < -0.39 is 11.7 Å². The number of amides is 2. The summed E-state index contributed by atoms with van der Waals surface area (Å²) < 4.78 is 13.3. The van der Waals surface area contributed by atoms with E-state index in [9.17, 15) is 14.0 Å². The normalized spacial score (nSPS) is 14.1. The SMILES string of the molecule is O=C(NCCNC(=O)C1CC1)c1ccccc1F. The second-order valence-corrected chi connectivity index (χ2v) is 4.30. The topological polar surface area (TPSA) is 58.2 Å². The molecule has 5 heteroatoms.